The lowest BCUT2D eigenvalue weighted by molar-refractivity contribution is -0.0104. The van der Waals surface area contributed by atoms with E-state index in [1.54, 1.807) is 26.6 Å². The number of aliphatic hydroxyl groups excluding tert-OH is 1. The van der Waals surface area contributed by atoms with Crippen LogP contribution in [0.5, 0.6) is 0 Å². The van der Waals surface area contributed by atoms with Crippen molar-refractivity contribution in [3.05, 3.63) is 41.0 Å². The monoisotopic (exact) mass is 694 g/mol. The number of thiazole rings is 1. The molecule has 3 aromatic heterocycles. The summed E-state index contributed by atoms with van der Waals surface area (Å²) in [7, 11) is 3.98. The fourth-order valence-corrected chi connectivity index (χ4v) is 6.54. The van der Waals surface area contributed by atoms with Gasteiger partial charge in [-0.2, -0.15) is 9.61 Å². The third-order valence-electron chi connectivity index (χ3n) is 8.14. The Morgan fingerprint density at radius 3 is 2.43 bits per heavy atom. The number of carbonyl (C=O) groups is 2. The molecule has 0 spiro atoms. The molecule has 0 bridgehead atoms. The summed E-state index contributed by atoms with van der Waals surface area (Å²) in [6.07, 6.45) is 0.660. The number of rotatable bonds is 8. The van der Waals surface area contributed by atoms with Gasteiger partial charge in [0.2, 0.25) is 0 Å². The van der Waals surface area contributed by atoms with E-state index >= 15 is 0 Å². The number of likely N-dealkylation sites (tertiary alicyclic amines) is 1. The lowest BCUT2D eigenvalue weighted by Crippen LogP contribution is -2.49. The van der Waals surface area contributed by atoms with Crippen molar-refractivity contribution in [1.82, 2.24) is 24.5 Å². The van der Waals surface area contributed by atoms with E-state index in [4.69, 9.17) is 19.4 Å². The van der Waals surface area contributed by atoms with Gasteiger partial charge in [0.25, 0.3) is 0 Å². The number of aromatic nitrogens is 4. The maximum absolute atomic E-state index is 14.0. The predicted molar refractivity (Wildman–Crippen MR) is 194 cm³/mol. The maximum Gasteiger partial charge on any atom is 0.416 e. The number of amides is 2. The molecule has 2 N–H and O–H groups in total. The molecule has 0 saturated carbocycles. The number of hydrogen-bond donors (Lipinski definition) is 2. The highest BCUT2D eigenvalue weighted by Crippen LogP contribution is 2.32. The number of fused-ring (bicyclic) bond motifs is 2. The van der Waals surface area contributed by atoms with Crippen LogP contribution in [0.1, 0.15) is 78.3 Å². The van der Waals surface area contributed by atoms with Crippen LogP contribution in [0, 0.1) is 5.92 Å². The summed E-state index contributed by atoms with van der Waals surface area (Å²) in [6, 6.07) is 7.92. The van der Waals surface area contributed by atoms with E-state index in [1.807, 2.05) is 72.7 Å². The Kier molecular flexibility index (Phi) is 10.3. The number of piperidine rings is 1. The second-order valence-electron chi connectivity index (χ2n) is 15.1. The number of benzene rings is 1. The average molecular weight is 695 g/mol. The van der Waals surface area contributed by atoms with Crippen LogP contribution in [-0.2, 0) is 16.0 Å². The number of β-amino-alcohol motifs (C(OH)–C–C–N with tert-alkyl or cyclic N) is 1. The molecule has 14 heteroatoms. The van der Waals surface area contributed by atoms with Crippen LogP contribution in [0.3, 0.4) is 0 Å². The average Bonchev–Trinajstić information content (AvgIpc) is 3.60. The van der Waals surface area contributed by atoms with Crippen LogP contribution in [0.2, 0.25) is 0 Å². The van der Waals surface area contributed by atoms with Crippen molar-refractivity contribution in [3.8, 4) is 0 Å². The second kappa shape index (κ2) is 14.0. The van der Waals surface area contributed by atoms with Gasteiger partial charge in [-0.05, 0) is 72.1 Å². The quantitative estimate of drug-likeness (QED) is 0.210. The zero-order chi connectivity index (χ0) is 35.8. The Morgan fingerprint density at radius 1 is 1.08 bits per heavy atom. The van der Waals surface area contributed by atoms with Gasteiger partial charge < -0.3 is 29.7 Å². The van der Waals surface area contributed by atoms with Crippen LogP contribution in [-0.4, -0.2) is 92.8 Å². The van der Waals surface area contributed by atoms with Gasteiger partial charge in [-0.3, -0.25) is 4.90 Å². The van der Waals surface area contributed by atoms with Gasteiger partial charge in [0.15, 0.2) is 5.65 Å². The van der Waals surface area contributed by atoms with Crippen LogP contribution in [0.25, 0.3) is 15.9 Å². The zero-order valence-electron chi connectivity index (χ0n) is 30.3. The standard InChI is InChI=1S/C35H50N8O5S/c1-21(2)24-18-37-43-30(16-28(39-31(24)43)36-17-22-13-14-41(19-26(22)44)32(45)47-34(3,4)5)42(33(46)48-35(6,7)8)20-29-38-25-15-23(40(9)10)11-12-27(25)49-29/h11-12,15-16,18,21-22,26,44H,13-14,17,19-20H2,1-10H3,(H,36,39)/t22-,26+/m1/s1. The lowest BCUT2D eigenvalue weighted by atomic mass is 9.94. The number of aliphatic hydroxyl groups is 1. The highest BCUT2D eigenvalue weighted by molar-refractivity contribution is 7.18. The molecular weight excluding hydrogens is 645 g/mol. The number of ether oxygens (including phenoxy) is 2. The number of hydrogen-bond acceptors (Lipinski definition) is 11. The minimum atomic E-state index is -0.747. The fourth-order valence-electron chi connectivity index (χ4n) is 5.60. The summed E-state index contributed by atoms with van der Waals surface area (Å²) < 4.78 is 14.1. The Balaban J connectivity index is 1.46. The summed E-state index contributed by atoms with van der Waals surface area (Å²) in [5, 5.41) is 19.8. The molecule has 266 valence electrons. The third-order valence-corrected chi connectivity index (χ3v) is 9.16. The molecule has 4 aromatic rings. The predicted octanol–water partition coefficient (Wildman–Crippen LogP) is 6.50. The Hall–Kier alpha value is -4.17. The zero-order valence-corrected chi connectivity index (χ0v) is 31.1. The van der Waals surface area contributed by atoms with Crippen molar-refractivity contribution < 1.29 is 24.2 Å². The van der Waals surface area contributed by atoms with E-state index in [0.29, 0.717) is 36.8 Å². The number of anilines is 3. The van der Waals surface area contributed by atoms with Crippen LogP contribution in [0.4, 0.5) is 26.9 Å². The maximum atomic E-state index is 14.0. The molecule has 0 radical (unpaired) electrons. The van der Waals surface area contributed by atoms with Gasteiger partial charge in [-0.1, -0.05) is 13.8 Å². The van der Waals surface area contributed by atoms with Crippen molar-refractivity contribution in [2.45, 2.75) is 91.6 Å². The van der Waals surface area contributed by atoms with Gasteiger partial charge in [-0.25, -0.2) is 19.6 Å². The molecule has 4 heterocycles. The molecule has 2 amide bonds. The normalized spacial score (nSPS) is 17.1. The van der Waals surface area contributed by atoms with Gasteiger partial charge in [0.05, 0.1) is 35.6 Å². The minimum Gasteiger partial charge on any atom is -0.444 e. The number of nitrogens with one attached hydrogen (secondary N) is 1. The number of carbonyl (C=O) groups excluding carboxylic acids is 2. The van der Waals surface area contributed by atoms with Crippen LogP contribution < -0.4 is 15.1 Å². The molecule has 0 aliphatic carbocycles. The van der Waals surface area contributed by atoms with Crippen LogP contribution in [0.15, 0.2) is 30.5 Å². The van der Waals surface area contributed by atoms with E-state index in [-0.39, 0.29) is 24.9 Å². The lowest BCUT2D eigenvalue weighted by Gasteiger charge is -2.36. The first-order chi connectivity index (χ1) is 22.9. The molecule has 1 aliphatic heterocycles. The summed E-state index contributed by atoms with van der Waals surface area (Å²) in [5.74, 6) is 0.992. The van der Waals surface area contributed by atoms with Gasteiger partial charge >= 0.3 is 12.2 Å². The van der Waals surface area contributed by atoms with Gasteiger partial charge in [-0.15, -0.1) is 11.3 Å². The first kappa shape index (κ1) is 36.1. The smallest absolute Gasteiger partial charge is 0.416 e. The summed E-state index contributed by atoms with van der Waals surface area (Å²) in [5.41, 5.74) is 2.09. The van der Waals surface area contributed by atoms with Crippen molar-refractivity contribution in [2.75, 3.05) is 48.8 Å². The number of nitrogens with zero attached hydrogens (tertiary/aromatic N) is 7. The minimum absolute atomic E-state index is 0.122. The first-order valence-electron chi connectivity index (χ1n) is 16.7. The molecule has 1 saturated heterocycles. The van der Waals surface area contributed by atoms with E-state index in [1.165, 1.54) is 11.3 Å². The summed E-state index contributed by atoms with van der Waals surface area (Å²) in [4.78, 5) is 41.5. The Bertz CT molecular complexity index is 1810. The molecule has 1 aliphatic rings. The fraction of sp³-hybridized carbons (Fsp3) is 0.571. The second-order valence-corrected chi connectivity index (χ2v) is 16.2. The first-order valence-corrected chi connectivity index (χ1v) is 17.6. The molecule has 5 rings (SSSR count). The van der Waals surface area contributed by atoms with Crippen molar-refractivity contribution in [3.63, 3.8) is 0 Å². The Morgan fingerprint density at radius 2 is 1.80 bits per heavy atom. The Labute approximate surface area is 292 Å². The summed E-state index contributed by atoms with van der Waals surface area (Å²) >= 11 is 1.53. The molecular formula is C35H50N8O5S. The third kappa shape index (κ3) is 8.71. The highest BCUT2D eigenvalue weighted by atomic mass is 32.1. The molecule has 13 nitrogen and oxygen atoms in total. The molecule has 49 heavy (non-hydrogen) atoms. The van der Waals surface area contributed by atoms with E-state index in [0.717, 1.165) is 26.5 Å². The highest BCUT2D eigenvalue weighted by Gasteiger charge is 2.33. The molecule has 1 fully saturated rings. The summed E-state index contributed by atoms with van der Waals surface area (Å²) in [6.45, 7) is 16.4. The SMILES string of the molecule is CC(C)c1cnn2c(N(Cc3nc4cc(N(C)C)ccc4s3)C(=O)OC(C)(C)C)cc(NC[C@H]3CCN(C(=O)OC(C)(C)C)C[C@@H]3O)nc12. The largest absolute Gasteiger partial charge is 0.444 e. The van der Waals surface area contributed by atoms with E-state index in [9.17, 15) is 14.7 Å². The van der Waals surface area contributed by atoms with Gasteiger partial charge in [0, 0.05) is 50.4 Å². The van der Waals surface area contributed by atoms with Crippen molar-refractivity contribution in [1.29, 1.82) is 0 Å². The van der Waals surface area contributed by atoms with E-state index in [2.05, 4.69) is 30.3 Å². The molecule has 2 atom stereocenters. The van der Waals surface area contributed by atoms with Crippen molar-refractivity contribution >= 4 is 56.7 Å². The van der Waals surface area contributed by atoms with Gasteiger partial charge in [0.1, 0.15) is 27.8 Å². The van der Waals surface area contributed by atoms with E-state index < -0.39 is 29.5 Å². The van der Waals surface area contributed by atoms with Crippen LogP contribution >= 0.6 is 11.3 Å². The molecule has 1 aromatic carbocycles. The van der Waals surface area contributed by atoms with Crippen molar-refractivity contribution in [2.24, 2.45) is 5.92 Å². The topological polar surface area (TPSA) is 138 Å². The molecule has 0 unspecified atom stereocenters.